The van der Waals surface area contributed by atoms with Gasteiger partial charge < -0.3 is 5.32 Å². The molecule has 1 saturated heterocycles. The fourth-order valence-corrected chi connectivity index (χ4v) is 1.71. The van der Waals surface area contributed by atoms with E-state index in [0.717, 1.165) is 19.6 Å². The topological polar surface area (TPSA) is 15.3 Å². The van der Waals surface area contributed by atoms with Gasteiger partial charge in [0.05, 0.1) is 0 Å². The molecule has 1 heterocycles. The number of benzene rings is 1. The van der Waals surface area contributed by atoms with E-state index in [0.29, 0.717) is 0 Å². The van der Waals surface area contributed by atoms with Crippen LogP contribution in [0.25, 0.3) is 0 Å². The zero-order chi connectivity index (χ0) is 10.9. The highest BCUT2D eigenvalue weighted by atomic mass is 15.2. The van der Waals surface area contributed by atoms with Gasteiger partial charge in [-0.15, -0.1) is 0 Å². The van der Waals surface area contributed by atoms with Crippen molar-refractivity contribution in [3.05, 3.63) is 35.9 Å². The lowest BCUT2D eigenvalue weighted by molar-refractivity contribution is 0.233. The Balaban J connectivity index is 0.000000711. The molecule has 1 aromatic carbocycles. The molecule has 0 bridgehead atoms. The summed E-state index contributed by atoms with van der Waals surface area (Å²) >= 11 is 0. The Labute approximate surface area is 101 Å². The summed E-state index contributed by atoms with van der Waals surface area (Å²) in [6.45, 7) is 9.71. The minimum atomic E-state index is 0. The molecule has 1 aromatic rings. The van der Waals surface area contributed by atoms with Crippen LogP contribution in [0.1, 0.15) is 26.8 Å². The molecule has 0 spiro atoms. The quantitative estimate of drug-likeness (QED) is 0.828. The monoisotopic (exact) mass is 222 g/mol. The Bertz CT molecular complexity index is 240. The van der Waals surface area contributed by atoms with Crippen molar-refractivity contribution in [1.29, 1.82) is 0 Å². The fraction of sp³-hybridized carbons (Fsp3) is 0.571. The standard InChI is InChI=1S/C11H16N2.C2H6.CH4/c1-2-4-11(5-3-1)10-13-8-6-12-7-9-13;1-2;/h1-5,12H,6-10H2;1-2H3;1H4. The minimum Gasteiger partial charge on any atom is -0.314 e. The molecule has 1 aliphatic heterocycles. The molecule has 1 N–H and O–H groups in total. The van der Waals surface area contributed by atoms with Crippen molar-refractivity contribution >= 4 is 0 Å². The molecule has 1 fully saturated rings. The molecule has 0 saturated carbocycles. The zero-order valence-corrected chi connectivity index (χ0v) is 9.87. The van der Waals surface area contributed by atoms with Crippen LogP contribution in [0.4, 0.5) is 0 Å². The van der Waals surface area contributed by atoms with Gasteiger partial charge in [0, 0.05) is 32.7 Å². The molecule has 2 rings (SSSR count). The van der Waals surface area contributed by atoms with Crippen molar-refractivity contribution in [3.63, 3.8) is 0 Å². The molecule has 0 aromatic heterocycles. The lowest BCUT2D eigenvalue weighted by atomic mass is 10.2. The van der Waals surface area contributed by atoms with Crippen molar-refractivity contribution < 1.29 is 0 Å². The van der Waals surface area contributed by atoms with Crippen LogP contribution < -0.4 is 5.32 Å². The molecule has 92 valence electrons. The van der Waals surface area contributed by atoms with Gasteiger partial charge in [-0.25, -0.2) is 0 Å². The second-order valence-electron chi connectivity index (χ2n) is 3.51. The highest BCUT2D eigenvalue weighted by molar-refractivity contribution is 5.14. The first-order valence-electron chi connectivity index (χ1n) is 5.92. The Hall–Kier alpha value is -0.860. The van der Waals surface area contributed by atoms with Gasteiger partial charge in [-0.05, 0) is 5.56 Å². The molecule has 16 heavy (non-hydrogen) atoms. The zero-order valence-electron chi connectivity index (χ0n) is 9.87. The summed E-state index contributed by atoms with van der Waals surface area (Å²) < 4.78 is 0. The second kappa shape index (κ2) is 9.37. The van der Waals surface area contributed by atoms with E-state index in [1.165, 1.54) is 18.7 Å². The van der Waals surface area contributed by atoms with Crippen LogP contribution in [-0.4, -0.2) is 31.1 Å². The maximum absolute atomic E-state index is 3.36. The van der Waals surface area contributed by atoms with Gasteiger partial charge in [0.1, 0.15) is 0 Å². The Morgan fingerprint density at radius 2 is 1.62 bits per heavy atom. The summed E-state index contributed by atoms with van der Waals surface area (Å²) in [5.74, 6) is 0. The maximum atomic E-state index is 3.36. The molecular weight excluding hydrogens is 196 g/mol. The number of nitrogens with one attached hydrogen (secondary N) is 1. The number of piperazine rings is 1. The Morgan fingerprint density at radius 1 is 1.06 bits per heavy atom. The van der Waals surface area contributed by atoms with Crippen LogP contribution in [0.3, 0.4) is 0 Å². The van der Waals surface area contributed by atoms with Crippen LogP contribution in [-0.2, 0) is 6.54 Å². The van der Waals surface area contributed by atoms with Gasteiger partial charge in [0.2, 0.25) is 0 Å². The molecule has 1 aliphatic rings. The second-order valence-corrected chi connectivity index (χ2v) is 3.51. The molecule has 0 atom stereocenters. The van der Waals surface area contributed by atoms with Crippen molar-refractivity contribution in [1.82, 2.24) is 10.2 Å². The molecule has 2 nitrogen and oxygen atoms in total. The van der Waals surface area contributed by atoms with Gasteiger partial charge >= 0.3 is 0 Å². The van der Waals surface area contributed by atoms with Gasteiger partial charge in [-0.1, -0.05) is 51.6 Å². The van der Waals surface area contributed by atoms with E-state index in [2.05, 4.69) is 40.5 Å². The smallest absolute Gasteiger partial charge is 0.0234 e. The van der Waals surface area contributed by atoms with Crippen LogP contribution >= 0.6 is 0 Å². The Morgan fingerprint density at radius 3 is 2.19 bits per heavy atom. The van der Waals surface area contributed by atoms with E-state index in [9.17, 15) is 0 Å². The van der Waals surface area contributed by atoms with Gasteiger partial charge in [-0.2, -0.15) is 0 Å². The SMILES string of the molecule is C.CC.c1ccc(CN2CCNCC2)cc1. The van der Waals surface area contributed by atoms with Gasteiger partial charge in [0.25, 0.3) is 0 Å². The predicted molar refractivity (Wildman–Crippen MR) is 72.7 cm³/mol. The first kappa shape index (κ1) is 15.1. The maximum Gasteiger partial charge on any atom is 0.0234 e. The van der Waals surface area contributed by atoms with E-state index in [1.54, 1.807) is 0 Å². The van der Waals surface area contributed by atoms with E-state index in [1.807, 2.05) is 13.8 Å². The number of hydrogen-bond donors (Lipinski definition) is 1. The van der Waals surface area contributed by atoms with E-state index >= 15 is 0 Å². The lowest BCUT2D eigenvalue weighted by Gasteiger charge is -2.27. The van der Waals surface area contributed by atoms with E-state index < -0.39 is 0 Å². The Kier molecular flexibility index (Phi) is 8.87. The normalized spacial score (nSPS) is 15.6. The average molecular weight is 222 g/mol. The lowest BCUT2D eigenvalue weighted by Crippen LogP contribution is -2.42. The van der Waals surface area contributed by atoms with Crippen LogP contribution in [0.2, 0.25) is 0 Å². The van der Waals surface area contributed by atoms with Crippen molar-refractivity contribution in [2.24, 2.45) is 0 Å². The van der Waals surface area contributed by atoms with Crippen LogP contribution in [0.5, 0.6) is 0 Å². The third-order valence-corrected chi connectivity index (χ3v) is 2.46. The summed E-state index contributed by atoms with van der Waals surface area (Å²) in [5.41, 5.74) is 1.42. The van der Waals surface area contributed by atoms with Crippen LogP contribution in [0.15, 0.2) is 30.3 Å². The molecular formula is C14H26N2. The first-order valence-corrected chi connectivity index (χ1v) is 5.92. The largest absolute Gasteiger partial charge is 0.314 e. The highest BCUT2D eigenvalue weighted by Gasteiger charge is 2.08. The highest BCUT2D eigenvalue weighted by Crippen LogP contribution is 2.04. The molecule has 2 heteroatoms. The van der Waals surface area contributed by atoms with Gasteiger partial charge in [-0.3, -0.25) is 4.90 Å². The third-order valence-electron chi connectivity index (χ3n) is 2.46. The average Bonchev–Trinajstić information content (AvgIpc) is 2.34. The van der Waals surface area contributed by atoms with Gasteiger partial charge in [0.15, 0.2) is 0 Å². The van der Waals surface area contributed by atoms with E-state index in [4.69, 9.17) is 0 Å². The van der Waals surface area contributed by atoms with Crippen LogP contribution in [0, 0.1) is 0 Å². The first-order chi connectivity index (χ1) is 7.45. The fourth-order valence-electron chi connectivity index (χ4n) is 1.71. The molecule has 0 amide bonds. The molecule has 0 unspecified atom stereocenters. The summed E-state index contributed by atoms with van der Waals surface area (Å²) in [4.78, 5) is 2.49. The minimum absolute atomic E-state index is 0. The third kappa shape index (κ3) is 5.29. The summed E-state index contributed by atoms with van der Waals surface area (Å²) in [6, 6.07) is 10.7. The summed E-state index contributed by atoms with van der Waals surface area (Å²) in [7, 11) is 0. The summed E-state index contributed by atoms with van der Waals surface area (Å²) in [6.07, 6.45) is 0. The van der Waals surface area contributed by atoms with Crippen molar-refractivity contribution in [2.45, 2.75) is 27.8 Å². The van der Waals surface area contributed by atoms with Crippen molar-refractivity contribution in [2.75, 3.05) is 26.2 Å². The van der Waals surface area contributed by atoms with E-state index in [-0.39, 0.29) is 7.43 Å². The molecule has 0 radical (unpaired) electrons. The summed E-state index contributed by atoms with van der Waals surface area (Å²) in [5, 5.41) is 3.36. The van der Waals surface area contributed by atoms with Crippen molar-refractivity contribution in [3.8, 4) is 0 Å². The number of hydrogen-bond acceptors (Lipinski definition) is 2. The molecule has 0 aliphatic carbocycles. The predicted octanol–water partition coefficient (Wildman–Crippen LogP) is 2.75. The number of nitrogens with zero attached hydrogens (tertiary/aromatic N) is 1. The number of rotatable bonds is 2.